The van der Waals surface area contributed by atoms with Gasteiger partial charge in [-0.05, 0) is 29.0 Å². The van der Waals surface area contributed by atoms with Crippen LogP contribution >= 0.6 is 11.3 Å². The molecule has 0 amide bonds. The van der Waals surface area contributed by atoms with Gasteiger partial charge in [-0.25, -0.2) is 0 Å². The first-order chi connectivity index (χ1) is 9.74. The first-order valence-corrected chi connectivity index (χ1v) is 7.67. The molecule has 2 aromatic rings. The van der Waals surface area contributed by atoms with Crippen LogP contribution in [-0.2, 0) is 17.8 Å². The van der Waals surface area contributed by atoms with Gasteiger partial charge in [-0.2, -0.15) is 0 Å². The van der Waals surface area contributed by atoms with Crippen LogP contribution in [0.15, 0.2) is 41.8 Å². The second-order valence-corrected chi connectivity index (χ2v) is 6.19. The van der Waals surface area contributed by atoms with E-state index in [4.69, 9.17) is 0 Å². The van der Waals surface area contributed by atoms with Gasteiger partial charge in [0.05, 0.1) is 5.92 Å². The van der Waals surface area contributed by atoms with E-state index in [0.29, 0.717) is 6.54 Å². The minimum Gasteiger partial charge on any atom is -0.481 e. The first kappa shape index (κ1) is 13.3. The summed E-state index contributed by atoms with van der Waals surface area (Å²) in [7, 11) is 0. The maximum Gasteiger partial charge on any atom is 0.312 e. The third kappa shape index (κ3) is 2.76. The van der Waals surface area contributed by atoms with Gasteiger partial charge >= 0.3 is 5.97 Å². The first-order valence-electron chi connectivity index (χ1n) is 6.79. The maximum absolute atomic E-state index is 11.5. The summed E-state index contributed by atoms with van der Waals surface area (Å²) >= 11 is 1.76. The largest absolute Gasteiger partial charge is 0.481 e. The summed E-state index contributed by atoms with van der Waals surface area (Å²) in [5.41, 5.74) is 2.13. The standard InChI is InChI=1S/C16H17NO2S/c18-16(19)15-11-17(8-7-13-5-3-9-20-13)10-12-4-1-2-6-14(12)15/h1-6,9,15H,7-8,10-11H2,(H,18,19). The van der Waals surface area contributed by atoms with Crippen molar-refractivity contribution in [3.05, 3.63) is 57.8 Å². The quantitative estimate of drug-likeness (QED) is 0.940. The lowest BCUT2D eigenvalue weighted by Gasteiger charge is -2.32. The summed E-state index contributed by atoms with van der Waals surface area (Å²) < 4.78 is 0. The summed E-state index contributed by atoms with van der Waals surface area (Å²) in [6, 6.07) is 12.1. The number of aliphatic carboxylic acids is 1. The molecule has 1 atom stereocenters. The van der Waals surface area contributed by atoms with E-state index in [1.165, 1.54) is 4.88 Å². The Morgan fingerprint density at radius 3 is 2.90 bits per heavy atom. The second-order valence-electron chi connectivity index (χ2n) is 5.15. The molecule has 0 bridgehead atoms. The van der Waals surface area contributed by atoms with E-state index >= 15 is 0 Å². The highest BCUT2D eigenvalue weighted by atomic mass is 32.1. The molecule has 4 heteroatoms. The molecule has 0 spiro atoms. The smallest absolute Gasteiger partial charge is 0.312 e. The van der Waals surface area contributed by atoms with E-state index in [9.17, 15) is 9.90 Å². The average Bonchev–Trinajstić information content (AvgIpc) is 2.97. The minimum atomic E-state index is -0.724. The molecule has 1 aliphatic heterocycles. The van der Waals surface area contributed by atoms with Gasteiger partial charge in [0.25, 0.3) is 0 Å². The number of benzene rings is 1. The maximum atomic E-state index is 11.5. The van der Waals surface area contributed by atoms with Crippen molar-refractivity contribution < 1.29 is 9.90 Å². The van der Waals surface area contributed by atoms with Crippen LogP contribution in [0.3, 0.4) is 0 Å². The predicted molar refractivity (Wildman–Crippen MR) is 80.1 cm³/mol. The second kappa shape index (κ2) is 5.77. The van der Waals surface area contributed by atoms with Crippen LogP contribution in [0.25, 0.3) is 0 Å². The SMILES string of the molecule is O=C(O)C1CN(CCc2cccs2)Cc2ccccc21. The van der Waals surface area contributed by atoms with Crippen LogP contribution in [-0.4, -0.2) is 29.1 Å². The highest BCUT2D eigenvalue weighted by Crippen LogP contribution is 2.28. The van der Waals surface area contributed by atoms with Gasteiger partial charge in [-0.3, -0.25) is 9.69 Å². The molecule has 0 aliphatic carbocycles. The van der Waals surface area contributed by atoms with Crippen molar-refractivity contribution in [1.82, 2.24) is 4.90 Å². The Morgan fingerprint density at radius 1 is 1.30 bits per heavy atom. The normalized spacial score (nSPS) is 18.7. The monoisotopic (exact) mass is 287 g/mol. The van der Waals surface area contributed by atoms with E-state index in [0.717, 1.165) is 30.6 Å². The zero-order chi connectivity index (χ0) is 13.9. The van der Waals surface area contributed by atoms with Gasteiger partial charge in [0.15, 0.2) is 0 Å². The zero-order valence-corrected chi connectivity index (χ0v) is 12.0. The van der Waals surface area contributed by atoms with Crippen molar-refractivity contribution in [3.63, 3.8) is 0 Å². The van der Waals surface area contributed by atoms with Gasteiger partial charge in [0, 0.05) is 24.5 Å². The number of thiophene rings is 1. The van der Waals surface area contributed by atoms with Gasteiger partial charge < -0.3 is 5.11 Å². The molecule has 0 saturated carbocycles. The Balaban J connectivity index is 1.74. The number of hydrogen-bond donors (Lipinski definition) is 1. The number of nitrogens with zero attached hydrogens (tertiary/aromatic N) is 1. The van der Waals surface area contributed by atoms with E-state index < -0.39 is 11.9 Å². The Bertz CT molecular complexity index is 594. The van der Waals surface area contributed by atoms with Gasteiger partial charge in [0.1, 0.15) is 0 Å². The third-order valence-electron chi connectivity index (χ3n) is 3.82. The lowest BCUT2D eigenvalue weighted by molar-refractivity contribution is -0.139. The molecule has 1 aromatic heterocycles. The highest BCUT2D eigenvalue weighted by molar-refractivity contribution is 7.09. The van der Waals surface area contributed by atoms with Crippen molar-refractivity contribution in [2.75, 3.05) is 13.1 Å². The molecule has 104 valence electrons. The minimum absolute atomic E-state index is 0.400. The molecule has 20 heavy (non-hydrogen) atoms. The van der Waals surface area contributed by atoms with E-state index in [-0.39, 0.29) is 0 Å². The summed E-state index contributed by atoms with van der Waals surface area (Å²) in [6.45, 7) is 2.38. The summed E-state index contributed by atoms with van der Waals surface area (Å²) in [4.78, 5) is 15.1. The molecular formula is C16H17NO2S. The number of carbonyl (C=O) groups is 1. The number of carboxylic acids is 1. The molecule has 0 saturated heterocycles. The van der Waals surface area contributed by atoms with E-state index in [1.54, 1.807) is 11.3 Å². The third-order valence-corrected chi connectivity index (χ3v) is 4.75. The fourth-order valence-corrected chi connectivity index (χ4v) is 3.48. The van der Waals surface area contributed by atoms with Crippen molar-refractivity contribution in [3.8, 4) is 0 Å². The fourth-order valence-electron chi connectivity index (χ4n) is 2.78. The van der Waals surface area contributed by atoms with Gasteiger partial charge in [-0.15, -0.1) is 11.3 Å². The molecule has 1 N–H and O–H groups in total. The summed E-state index contributed by atoms with van der Waals surface area (Å²) in [6.07, 6.45) is 0.992. The Kier molecular flexibility index (Phi) is 3.85. The van der Waals surface area contributed by atoms with Crippen LogP contribution in [0.1, 0.15) is 21.9 Å². The fraction of sp³-hybridized carbons (Fsp3) is 0.312. The van der Waals surface area contributed by atoms with Crippen LogP contribution in [0.4, 0.5) is 0 Å². The van der Waals surface area contributed by atoms with Crippen molar-refractivity contribution in [2.24, 2.45) is 0 Å². The number of hydrogen-bond acceptors (Lipinski definition) is 3. The molecule has 2 heterocycles. The topological polar surface area (TPSA) is 40.5 Å². The molecule has 1 unspecified atom stereocenters. The predicted octanol–water partition coefficient (Wildman–Crippen LogP) is 2.97. The van der Waals surface area contributed by atoms with Crippen LogP contribution in [0.5, 0.6) is 0 Å². The van der Waals surface area contributed by atoms with Crippen LogP contribution in [0.2, 0.25) is 0 Å². The Hall–Kier alpha value is -1.65. The van der Waals surface area contributed by atoms with Crippen molar-refractivity contribution in [2.45, 2.75) is 18.9 Å². The van der Waals surface area contributed by atoms with Crippen LogP contribution < -0.4 is 0 Å². The van der Waals surface area contributed by atoms with E-state index in [2.05, 4.69) is 22.4 Å². The Morgan fingerprint density at radius 2 is 2.15 bits per heavy atom. The molecule has 0 fully saturated rings. The lowest BCUT2D eigenvalue weighted by atomic mass is 9.90. The lowest BCUT2D eigenvalue weighted by Crippen LogP contribution is -2.37. The molecular weight excluding hydrogens is 270 g/mol. The van der Waals surface area contributed by atoms with Crippen LogP contribution in [0, 0.1) is 0 Å². The number of fused-ring (bicyclic) bond motifs is 1. The van der Waals surface area contributed by atoms with E-state index in [1.807, 2.05) is 24.3 Å². The molecule has 1 aliphatic rings. The Labute approximate surface area is 122 Å². The number of rotatable bonds is 4. The average molecular weight is 287 g/mol. The highest BCUT2D eigenvalue weighted by Gasteiger charge is 2.29. The van der Waals surface area contributed by atoms with Gasteiger partial charge in [0.2, 0.25) is 0 Å². The number of carboxylic acid groups (broad SMARTS) is 1. The molecule has 3 rings (SSSR count). The molecule has 0 radical (unpaired) electrons. The summed E-state index contributed by atoms with van der Waals surface area (Å²) in [5.74, 6) is -1.12. The molecule has 3 nitrogen and oxygen atoms in total. The van der Waals surface area contributed by atoms with Crippen molar-refractivity contribution in [1.29, 1.82) is 0 Å². The molecule has 1 aromatic carbocycles. The van der Waals surface area contributed by atoms with Crippen molar-refractivity contribution >= 4 is 17.3 Å². The zero-order valence-electron chi connectivity index (χ0n) is 11.2. The van der Waals surface area contributed by atoms with Gasteiger partial charge in [-0.1, -0.05) is 30.3 Å². The summed E-state index contributed by atoms with van der Waals surface area (Å²) in [5, 5.41) is 11.5.